The minimum absolute atomic E-state index is 0.301. The van der Waals surface area contributed by atoms with Crippen molar-refractivity contribution < 1.29 is 14.0 Å². The van der Waals surface area contributed by atoms with Crippen molar-refractivity contribution in [2.24, 2.45) is 0 Å². The summed E-state index contributed by atoms with van der Waals surface area (Å²) in [6.45, 7) is 3.67. The molecular formula is C17H25N3O3. The minimum atomic E-state index is -0.565. The van der Waals surface area contributed by atoms with Gasteiger partial charge in [-0.05, 0) is 37.9 Å². The quantitative estimate of drug-likeness (QED) is 0.882. The topological polar surface area (TPSA) is 75.5 Å². The zero-order valence-electron chi connectivity index (χ0n) is 13.6. The second-order valence-electron chi connectivity index (χ2n) is 6.20. The Morgan fingerprint density at radius 1 is 1.39 bits per heavy atom. The van der Waals surface area contributed by atoms with Gasteiger partial charge in [0.15, 0.2) is 5.82 Å². The number of aromatic nitrogens is 2. The smallest absolute Gasteiger partial charge is 0.240 e. The number of aliphatic hydroxyl groups is 1. The van der Waals surface area contributed by atoms with Crippen LogP contribution < -0.4 is 0 Å². The van der Waals surface area contributed by atoms with Crippen molar-refractivity contribution in [3.05, 3.63) is 35.9 Å². The van der Waals surface area contributed by atoms with Gasteiger partial charge in [0.05, 0.1) is 12.8 Å². The molecule has 2 unspecified atom stereocenters. The third-order valence-electron chi connectivity index (χ3n) is 4.53. The molecule has 1 saturated heterocycles. The largest absolute Gasteiger partial charge is 0.467 e. The fraction of sp³-hybridized carbons (Fsp3) is 0.647. The number of aryl methyl sites for hydroxylation is 1. The van der Waals surface area contributed by atoms with Crippen molar-refractivity contribution in [3.63, 3.8) is 0 Å². The molecule has 0 bridgehead atoms. The van der Waals surface area contributed by atoms with Crippen LogP contribution in [0, 0.1) is 0 Å². The molecule has 23 heavy (non-hydrogen) atoms. The number of rotatable bonds is 6. The van der Waals surface area contributed by atoms with E-state index in [0.29, 0.717) is 30.7 Å². The van der Waals surface area contributed by atoms with E-state index in [4.69, 9.17) is 8.94 Å². The van der Waals surface area contributed by atoms with E-state index in [1.807, 2.05) is 19.1 Å². The summed E-state index contributed by atoms with van der Waals surface area (Å²) in [5.41, 5.74) is 0. The summed E-state index contributed by atoms with van der Waals surface area (Å²) >= 11 is 0. The molecule has 0 radical (unpaired) electrons. The highest BCUT2D eigenvalue weighted by Gasteiger charge is 2.26. The lowest BCUT2D eigenvalue weighted by Gasteiger charge is -2.29. The van der Waals surface area contributed by atoms with Gasteiger partial charge in [-0.2, -0.15) is 4.98 Å². The van der Waals surface area contributed by atoms with Gasteiger partial charge in [0.1, 0.15) is 11.9 Å². The number of likely N-dealkylation sites (tertiary alicyclic amines) is 1. The summed E-state index contributed by atoms with van der Waals surface area (Å²) in [4.78, 5) is 6.78. The van der Waals surface area contributed by atoms with E-state index in [2.05, 4.69) is 15.0 Å². The van der Waals surface area contributed by atoms with Crippen molar-refractivity contribution in [1.82, 2.24) is 15.0 Å². The zero-order chi connectivity index (χ0) is 16.1. The summed E-state index contributed by atoms with van der Waals surface area (Å²) in [5.74, 6) is 2.06. The Bertz CT molecular complexity index is 582. The van der Waals surface area contributed by atoms with Gasteiger partial charge in [0.2, 0.25) is 5.89 Å². The molecule has 1 fully saturated rings. The van der Waals surface area contributed by atoms with Gasteiger partial charge in [-0.15, -0.1) is 0 Å². The highest BCUT2D eigenvalue weighted by Crippen LogP contribution is 2.27. The Morgan fingerprint density at radius 3 is 3.04 bits per heavy atom. The van der Waals surface area contributed by atoms with E-state index in [9.17, 15) is 5.11 Å². The predicted molar refractivity (Wildman–Crippen MR) is 84.6 cm³/mol. The number of aliphatic hydroxyl groups excluding tert-OH is 1. The maximum absolute atomic E-state index is 10.4. The lowest BCUT2D eigenvalue weighted by atomic mass is 10.0. The standard InChI is InChI=1S/C17H25N3O3/c1-2-16-18-17(23-19-16)12-20-9-5-3-4-7-13(20)11-14(21)15-8-6-10-22-15/h6,8,10,13-14,21H,2-5,7,9,11-12H2,1H3. The van der Waals surface area contributed by atoms with Crippen LogP contribution in [0.5, 0.6) is 0 Å². The second kappa shape index (κ2) is 7.75. The third kappa shape index (κ3) is 4.20. The highest BCUT2D eigenvalue weighted by molar-refractivity contribution is 5.02. The summed E-state index contributed by atoms with van der Waals surface area (Å²) in [6, 6.07) is 3.94. The van der Waals surface area contributed by atoms with E-state index in [-0.39, 0.29) is 0 Å². The normalized spacial score (nSPS) is 21.2. The molecule has 1 aliphatic heterocycles. The van der Waals surface area contributed by atoms with Crippen molar-refractivity contribution in [2.45, 2.75) is 64.1 Å². The SMILES string of the molecule is CCc1noc(CN2CCCCCC2CC(O)c2ccco2)n1. The Labute approximate surface area is 136 Å². The van der Waals surface area contributed by atoms with Crippen molar-refractivity contribution >= 4 is 0 Å². The number of hydrogen-bond acceptors (Lipinski definition) is 6. The molecule has 126 valence electrons. The molecule has 0 aliphatic carbocycles. The van der Waals surface area contributed by atoms with Crippen molar-refractivity contribution in [3.8, 4) is 0 Å². The lowest BCUT2D eigenvalue weighted by molar-refractivity contribution is 0.0779. The van der Waals surface area contributed by atoms with Gasteiger partial charge in [-0.25, -0.2) is 0 Å². The van der Waals surface area contributed by atoms with Crippen LogP contribution in [0.15, 0.2) is 27.3 Å². The average Bonchev–Trinajstić information content (AvgIpc) is 3.19. The Morgan fingerprint density at radius 2 is 2.30 bits per heavy atom. The van der Waals surface area contributed by atoms with Gasteiger partial charge < -0.3 is 14.0 Å². The van der Waals surface area contributed by atoms with Gasteiger partial charge in [-0.1, -0.05) is 24.9 Å². The Kier molecular flexibility index (Phi) is 5.46. The zero-order valence-corrected chi connectivity index (χ0v) is 13.6. The molecule has 2 aromatic heterocycles. The van der Waals surface area contributed by atoms with E-state index < -0.39 is 6.10 Å². The molecule has 2 atom stereocenters. The van der Waals surface area contributed by atoms with Crippen LogP contribution in [-0.2, 0) is 13.0 Å². The Balaban J connectivity index is 1.66. The van der Waals surface area contributed by atoms with E-state index in [1.165, 1.54) is 19.3 Å². The molecule has 3 rings (SSSR count). The van der Waals surface area contributed by atoms with Crippen LogP contribution in [0.25, 0.3) is 0 Å². The summed E-state index contributed by atoms with van der Waals surface area (Å²) in [7, 11) is 0. The van der Waals surface area contributed by atoms with Crippen LogP contribution in [0.1, 0.15) is 62.6 Å². The molecule has 1 aliphatic rings. The molecule has 1 N–H and O–H groups in total. The maximum atomic E-state index is 10.4. The average molecular weight is 319 g/mol. The fourth-order valence-electron chi connectivity index (χ4n) is 3.24. The molecule has 0 saturated carbocycles. The highest BCUT2D eigenvalue weighted by atomic mass is 16.5. The summed E-state index contributed by atoms with van der Waals surface area (Å²) in [5, 5.41) is 14.4. The van der Waals surface area contributed by atoms with Gasteiger partial charge >= 0.3 is 0 Å². The first-order valence-electron chi connectivity index (χ1n) is 8.53. The first-order chi connectivity index (χ1) is 11.3. The minimum Gasteiger partial charge on any atom is -0.467 e. The second-order valence-corrected chi connectivity index (χ2v) is 6.20. The first kappa shape index (κ1) is 16.2. The molecule has 6 nitrogen and oxygen atoms in total. The van der Waals surface area contributed by atoms with Crippen LogP contribution in [0.2, 0.25) is 0 Å². The molecule has 6 heteroatoms. The molecule has 0 aromatic carbocycles. The van der Waals surface area contributed by atoms with Crippen molar-refractivity contribution in [1.29, 1.82) is 0 Å². The van der Waals surface area contributed by atoms with Gasteiger partial charge in [0.25, 0.3) is 0 Å². The van der Waals surface area contributed by atoms with E-state index in [1.54, 1.807) is 6.26 Å². The fourth-order valence-corrected chi connectivity index (χ4v) is 3.24. The van der Waals surface area contributed by atoms with Crippen molar-refractivity contribution in [2.75, 3.05) is 6.54 Å². The first-order valence-corrected chi connectivity index (χ1v) is 8.53. The molecule has 2 aromatic rings. The Hall–Kier alpha value is -1.66. The maximum Gasteiger partial charge on any atom is 0.240 e. The van der Waals surface area contributed by atoms with Crippen LogP contribution in [0.4, 0.5) is 0 Å². The lowest BCUT2D eigenvalue weighted by Crippen LogP contribution is -2.35. The number of nitrogens with zero attached hydrogens (tertiary/aromatic N) is 3. The predicted octanol–water partition coefficient (Wildman–Crippen LogP) is 3.09. The van der Waals surface area contributed by atoms with Gasteiger partial charge in [-0.3, -0.25) is 4.90 Å². The number of hydrogen-bond donors (Lipinski definition) is 1. The summed E-state index contributed by atoms with van der Waals surface area (Å²) in [6.07, 6.45) is 7.16. The van der Waals surface area contributed by atoms with Crippen LogP contribution >= 0.6 is 0 Å². The van der Waals surface area contributed by atoms with Crippen LogP contribution in [-0.4, -0.2) is 32.7 Å². The van der Waals surface area contributed by atoms with Gasteiger partial charge in [0, 0.05) is 12.5 Å². The van der Waals surface area contributed by atoms with E-state index in [0.717, 1.165) is 25.2 Å². The molecular weight excluding hydrogens is 294 g/mol. The molecule has 0 spiro atoms. The number of furan rings is 1. The van der Waals surface area contributed by atoms with E-state index >= 15 is 0 Å². The third-order valence-corrected chi connectivity index (χ3v) is 4.53. The van der Waals surface area contributed by atoms with Crippen LogP contribution in [0.3, 0.4) is 0 Å². The molecule has 3 heterocycles. The summed E-state index contributed by atoms with van der Waals surface area (Å²) < 4.78 is 10.7. The molecule has 0 amide bonds. The monoisotopic (exact) mass is 319 g/mol.